The Morgan fingerprint density at radius 1 is 1.13 bits per heavy atom. The number of sulfonamides is 1. The van der Waals surface area contributed by atoms with Gasteiger partial charge in [-0.1, -0.05) is 12.1 Å². The number of nitrogens with zero attached hydrogens (tertiary/aromatic N) is 1. The molecule has 0 aliphatic carbocycles. The fourth-order valence-corrected chi connectivity index (χ4v) is 3.17. The number of nitro groups is 1. The van der Waals surface area contributed by atoms with Gasteiger partial charge in [-0.25, -0.2) is 17.5 Å². The Morgan fingerprint density at radius 3 is 2.30 bits per heavy atom. The summed E-state index contributed by atoms with van der Waals surface area (Å²) >= 11 is 0. The van der Waals surface area contributed by atoms with E-state index in [1.165, 1.54) is 31.2 Å². The van der Waals surface area contributed by atoms with E-state index in [4.69, 9.17) is 0 Å². The molecular weight excluding hydrogens is 330 g/mol. The Labute approximate surface area is 131 Å². The smallest absolute Gasteiger partial charge is 0.258 e. The van der Waals surface area contributed by atoms with Crippen molar-refractivity contribution in [2.24, 2.45) is 0 Å². The summed E-state index contributed by atoms with van der Waals surface area (Å²) < 4.78 is 52.9. The van der Waals surface area contributed by atoms with Crippen LogP contribution in [0.4, 0.5) is 14.5 Å². The molecule has 6 nitrogen and oxygen atoms in total. The predicted molar refractivity (Wildman–Crippen MR) is 78.2 cm³/mol. The van der Waals surface area contributed by atoms with E-state index >= 15 is 0 Å². The third-order valence-electron chi connectivity index (χ3n) is 3.13. The van der Waals surface area contributed by atoms with Gasteiger partial charge in [-0.15, -0.1) is 0 Å². The third-order valence-corrected chi connectivity index (χ3v) is 4.66. The molecule has 0 saturated carbocycles. The molecule has 0 aliphatic rings. The first kappa shape index (κ1) is 17.0. The molecule has 2 aromatic rings. The van der Waals surface area contributed by atoms with Crippen molar-refractivity contribution in [2.75, 3.05) is 0 Å². The fraction of sp³-hybridized carbons (Fsp3) is 0.143. The summed E-state index contributed by atoms with van der Waals surface area (Å²) in [5.41, 5.74) is -0.422. The molecule has 1 N–H and O–H groups in total. The monoisotopic (exact) mass is 342 g/mol. The van der Waals surface area contributed by atoms with E-state index in [2.05, 4.69) is 4.72 Å². The van der Waals surface area contributed by atoms with E-state index < -0.39 is 43.2 Å². The number of nitro benzene ring substituents is 1. The van der Waals surface area contributed by atoms with Gasteiger partial charge >= 0.3 is 5.69 Å². The molecule has 0 heterocycles. The van der Waals surface area contributed by atoms with Gasteiger partial charge in [0.05, 0.1) is 9.82 Å². The molecule has 2 rings (SSSR count). The first-order chi connectivity index (χ1) is 10.7. The van der Waals surface area contributed by atoms with Crippen LogP contribution < -0.4 is 4.72 Å². The van der Waals surface area contributed by atoms with Crippen LogP contribution in [0, 0.1) is 21.7 Å². The summed E-state index contributed by atoms with van der Waals surface area (Å²) in [4.78, 5) is 9.26. The molecule has 0 spiro atoms. The minimum atomic E-state index is -4.11. The maximum absolute atomic E-state index is 13.3. The third kappa shape index (κ3) is 3.88. The molecule has 0 saturated heterocycles. The van der Waals surface area contributed by atoms with Gasteiger partial charge in [-0.05, 0) is 36.8 Å². The van der Waals surface area contributed by atoms with Crippen molar-refractivity contribution >= 4 is 15.7 Å². The minimum Gasteiger partial charge on any atom is -0.258 e. The van der Waals surface area contributed by atoms with Gasteiger partial charge in [0.25, 0.3) is 0 Å². The molecule has 0 fully saturated rings. The highest BCUT2D eigenvalue weighted by atomic mass is 32.2. The Morgan fingerprint density at radius 2 is 1.74 bits per heavy atom. The van der Waals surface area contributed by atoms with E-state index in [1.54, 1.807) is 0 Å². The Balaban J connectivity index is 2.30. The van der Waals surface area contributed by atoms with Crippen LogP contribution in [0.1, 0.15) is 18.5 Å². The first-order valence-corrected chi connectivity index (χ1v) is 7.91. The second-order valence-corrected chi connectivity index (χ2v) is 6.48. The van der Waals surface area contributed by atoms with E-state index in [0.29, 0.717) is 11.6 Å². The van der Waals surface area contributed by atoms with Gasteiger partial charge < -0.3 is 0 Å². The zero-order valence-corrected chi connectivity index (χ0v) is 12.7. The molecule has 2 aromatic carbocycles. The molecule has 0 amide bonds. The topological polar surface area (TPSA) is 89.3 Å². The van der Waals surface area contributed by atoms with Crippen molar-refractivity contribution < 1.29 is 22.1 Å². The molecule has 0 unspecified atom stereocenters. The van der Waals surface area contributed by atoms with E-state index in [9.17, 15) is 27.3 Å². The Bertz CT molecular complexity index is 838. The molecule has 9 heteroatoms. The molecule has 0 aliphatic heterocycles. The lowest BCUT2D eigenvalue weighted by atomic mass is 10.1. The second-order valence-electron chi connectivity index (χ2n) is 4.76. The summed E-state index contributed by atoms with van der Waals surface area (Å²) in [5, 5.41) is 10.7. The largest absolute Gasteiger partial charge is 0.306 e. The van der Waals surface area contributed by atoms with Crippen LogP contribution in [0.2, 0.25) is 0 Å². The zero-order chi connectivity index (χ0) is 17.2. The standard InChI is InChI=1S/C14H12F2N2O4S/c1-9(10-2-4-11(15)5-3-10)17-23(21,22)12-6-7-13(16)14(8-12)18(19)20/h2-9,17H,1H3/t9-/m1/s1. The van der Waals surface area contributed by atoms with Crippen molar-refractivity contribution in [1.29, 1.82) is 0 Å². The molecule has 0 radical (unpaired) electrons. The Hall–Kier alpha value is -2.39. The summed E-state index contributed by atoms with van der Waals surface area (Å²) in [6.07, 6.45) is 0. The van der Waals surface area contributed by atoms with Crippen LogP contribution in [0.15, 0.2) is 47.4 Å². The van der Waals surface area contributed by atoms with Crippen LogP contribution in [0.25, 0.3) is 0 Å². The zero-order valence-electron chi connectivity index (χ0n) is 11.9. The number of hydrogen-bond donors (Lipinski definition) is 1. The predicted octanol–water partition coefficient (Wildman–Crippen LogP) is 2.91. The summed E-state index contributed by atoms with van der Waals surface area (Å²) in [5.74, 6) is -1.58. The highest BCUT2D eigenvalue weighted by molar-refractivity contribution is 7.89. The minimum absolute atomic E-state index is 0.431. The van der Waals surface area contributed by atoms with Gasteiger partial charge in [-0.3, -0.25) is 10.1 Å². The average Bonchev–Trinajstić information content (AvgIpc) is 2.47. The molecule has 23 heavy (non-hydrogen) atoms. The van der Waals surface area contributed by atoms with Crippen molar-refractivity contribution in [3.05, 3.63) is 69.8 Å². The molecule has 0 bridgehead atoms. The fourth-order valence-electron chi connectivity index (χ4n) is 1.92. The van der Waals surface area contributed by atoms with Gasteiger partial charge in [-0.2, -0.15) is 4.39 Å². The van der Waals surface area contributed by atoms with Gasteiger partial charge in [0.15, 0.2) is 0 Å². The van der Waals surface area contributed by atoms with Crippen LogP contribution >= 0.6 is 0 Å². The summed E-state index contributed by atoms with van der Waals surface area (Å²) in [7, 11) is -4.11. The van der Waals surface area contributed by atoms with Crippen molar-refractivity contribution in [3.8, 4) is 0 Å². The summed E-state index contributed by atoms with van der Waals surface area (Å²) in [6.45, 7) is 1.53. The average molecular weight is 342 g/mol. The number of halogens is 2. The van der Waals surface area contributed by atoms with Crippen molar-refractivity contribution in [1.82, 2.24) is 4.72 Å². The second kappa shape index (κ2) is 6.39. The highest BCUT2D eigenvalue weighted by Gasteiger charge is 2.23. The Kier molecular flexibility index (Phi) is 4.71. The first-order valence-electron chi connectivity index (χ1n) is 6.42. The molecule has 122 valence electrons. The van der Waals surface area contributed by atoms with Crippen LogP contribution in [-0.2, 0) is 10.0 Å². The maximum Gasteiger partial charge on any atom is 0.306 e. The van der Waals surface area contributed by atoms with Crippen molar-refractivity contribution in [2.45, 2.75) is 17.9 Å². The highest BCUT2D eigenvalue weighted by Crippen LogP contribution is 2.23. The van der Waals surface area contributed by atoms with Crippen LogP contribution in [-0.4, -0.2) is 13.3 Å². The number of hydrogen-bond acceptors (Lipinski definition) is 4. The van der Waals surface area contributed by atoms with Crippen LogP contribution in [0.3, 0.4) is 0 Å². The lowest BCUT2D eigenvalue weighted by Gasteiger charge is -2.14. The quantitative estimate of drug-likeness (QED) is 0.668. The van der Waals surface area contributed by atoms with E-state index in [1.807, 2.05) is 0 Å². The SMILES string of the molecule is C[C@@H](NS(=O)(=O)c1ccc(F)c([N+](=O)[O-])c1)c1ccc(F)cc1. The van der Waals surface area contributed by atoms with Crippen molar-refractivity contribution in [3.63, 3.8) is 0 Å². The molecule has 0 aromatic heterocycles. The normalized spacial score (nSPS) is 12.8. The lowest BCUT2D eigenvalue weighted by Crippen LogP contribution is -2.27. The number of rotatable bonds is 5. The van der Waals surface area contributed by atoms with Gasteiger partial charge in [0.2, 0.25) is 15.8 Å². The molecular formula is C14H12F2N2O4S. The van der Waals surface area contributed by atoms with E-state index in [0.717, 1.165) is 12.1 Å². The number of nitrogens with one attached hydrogen (secondary N) is 1. The maximum atomic E-state index is 13.3. The van der Waals surface area contributed by atoms with Crippen LogP contribution in [0.5, 0.6) is 0 Å². The van der Waals surface area contributed by atoms with E-state index in [-0.39, 0.29) is 0 Å². The van der Waals surface area contributed by atoms with Gasteiger partial charge in [0, 0.05) is 12.1 Å². The van der Waals surface area contributed by atoms with Gasteiger partial charge in [0.1, 0.15) is 5.82 Å². The molecule has 1 atom stereocenters. The number of benzene rings is 2. The lowest BCUT2D eigenvalue weighted by molar-refractivity contribution is -0.387. The summed E-state index contributed by atoms with van der Waals surface area (Å²) in [6, 6.07) is 6.79.